The molecule has 1 atom stereocenters. The van der Waals surface area contributed by atoms with Crippen molar-refractivity contribution in [2.75, 3.05) is 20.6 Å². The second kappa shape index (κ2) is 5.38. The van der Waals surface area contributed by atoms with E-state index in [9.17, 15) is 5.11 Å². The average molecular weight is 260 g/mol. The van der Waals surface area contributed by atoms with Crippen molar-refractivity contribution < 1.29 is 5.11 Å². The molecule has 5 heteroatoms. The van der Waals surface area contributed by atoms with Crippen LogP contribution >= 0.6 is 11.6 Å². The molecule has 1 N–H and O–H groups in total. The number of rotatable bonds is 5. The number of aliphatic hydroxyl groups is 1. The molecule has 98 valence electrons. The Labute approximate surface area is 108 Å². The van der Waals surface area contributed by atoms with Gasteiger partial charge in [0, 0.05) is 6.54 Å². The number of likely N-dealkylation sites (N-methyl/N-ethyl adjacent to an activating group) is 1. The predicted octanol–water partition coefficient (Wildman–Crippen LogP) is 1.96. The Morgan fingerprint density at radius 3 is 2.59 bits per heavy atom. The van der Waals surface area contributed by atoms with Gasteiger partial charge in [0.25, 0.3) is 0 Å². The van der Waals surface area contributed by atoms with Crippen LogP contribution in [0.2, 0.25) is 5.02 Å². The molecule has 0 aliphatic carbocycles. The Morgan fingerprint density at radius 1 is 1.53 bits per heavy atom. The van der Waals surface area contributed by atoms with Crippen molar-refractivity contribution in [3.63, 3.8) is 0 Å². The molecule has 1 unspecified atom stereocenters. The van der Waals surface area contributed by atoms with Gasteiger partial charge in [-0.3, -0.25) is 4.68 Å². The molecule has 0 saturated carbocycles. The molecular weight excluding hydrogens is 238 g/mol. The maximum atomic E-state index is 10.5. The van der Waals surface area contributed by atoms with E-state index in [1.54, 1.807) is 17.8 Å². The number of hydrogen-bond donors (Lipinski definition) is 1. The van der Waals surface area contributed by atoms with Crippen molar-refractivity contribution in [1.82, 2.24) is 14.7 Å². The summed E-state index contributed by atoms with van der Waals surface area (Å²) in [5.74, 6) is 0.0785. The van der Waals surface area contributed by atoms with Crippen LogP contribution in [0.15, 0.2) is 6.20 Å². The monoisotopic (exact) mass is 259 g/mol. The summed E-state index contributed by atoms with van der Waals surface area (Å²) in [4.78, 5) is 2.07. The van der Waals surface area contributed by atoms with Crippen molar-refractivity contribution >= 4 is 11.6 Å². The van der Waals surface area contributed by atoms with Crippen LogP contribution in [0.1, 0.15) is 26.5 Å². The van der Waals surface area contributed by atoms with Crippen molar-refractivity contribution in [1.29, 1.82) is 0 Å². The summed E-state index contributed by atoms with van der Waals surface area (Å²) < 4.78 is 1.79. The highest BCUT2D eigenvalue weighted by atomic mass is 35.5. The van der Waals surface area contributed by atoms with E-state index >= 15 is 0 Å². The minimum absolute atomic E-state index is 0.0785. The molecule has 1 aromatic heterocycles. The number of halogens is 1. The smallest absolute Gasteiger partial charge is 0.107 e. The van der Waals surface area contributed by atoms with Crippen molar-refractivity contribution in [2.45, 2.75) is 32.9 Å². The largest absolute Gasteiger partial charge is 0.384 e. The quantitative estimate of drug-likeness (QED) is 0.879. The number of hydrogen-bond acceptors (Lipinski definition) is 3. The summed E-state index contributed by atoms with van der Waals surface area (Å²) in [5, 5.41) is 15.3. The van der Waals surface area contributed by atoms with Crippen LogP contribution in [-0.4, -0.2) is 40.4 Å². The fourth-order valence-corrected chi connectivity index (χ4v) is 1.94. The van der Waals surface area contributed by atoms with Gasteiger partial charge in [0.2, 0.25) is 0 Å². The first-order valence-corrected chi connectivity index (χ1v) is 6.23. The lowest BCUT2D eigenvalue weighted by Crippen LogP contribution is -2.33. The minimum Gasteiger partial charge on any atom is -0.384 e. The van der Waals surface area contributed by atoms with Crippen LogP contribution in [0.25, 0.3) is 0 Å². The first-order valence-electron chi connectivity index (χ1n) is 5.85. The molecule has 0 aromatic carbocycles. The van der Waals surface area contributed by atoms with Crippen molar-refractivity contribution in [3.8, 4) is 0 Å². The molecular formula is C12H22ClN3O. The maximum Gasteiger partial charge on any atom is 0.107 e. The Kier molecular flexibility index (Phi) is 4.58. The van der Waals surface area contributed by atoms with E-state index < -0.39 is 5.60 Å². The number of nitrogens with zero attached hydrogens (tertiary/aromatic N) is 3. The van der Waals surface area contributed by atoms with Gasteiger partial charge in [0.15, 0.2) is 0 Å². The summed E-state index contributed by atoms with van der Waals surface area (Å²) in [7, 11) is 4.01. The van der Waals surface area contributed by atoms with Gasteiger partial charge in [-0.2, -0.15) is 5.10 Å². The summed E-state index contributed by atoms with van der Waals surface area (Å²) >= 11 is 6.13. The van der Waals surface area contributed by atoms with Crippen molar-refractivity contribution in [3.05, 3.63) is 16.9 Å². The predicted molar refractivity (Wildman–Crippen MR) is 70.2 cm³/mol. The molecule has 4 nitrogen and oxygen atoms in total. The third kappa shape index (κ3) is 3.21. The lowest BCUT2D eigenvalue weighted by atomic mass is 9.89. The zero-order chi connectivity index (χ0) is 13.2. The summed E-state index contributed by atoms with van der Waals surface area (Å²) in [5.41, 5.74) is -0.254. The molecule has 0 amide bonds. The van der Waals surface area contributed by atoms with E-state index in [-0.39, 0.29) is 5.92 Å². The summed E-state index contributed by atoms with van der Waals surface area (Å²) in [6, 6.07) is 0. The van der Waals surface area contributed by atoms with Gasteiger partial charge in [-0.1, -0.05) is 25.4 Å². The SMILES string of the molecule is CC(C)C(C)(O)c1c(Cl)cnn1CCN(C)C. The fraction of sp³-hybridized carbons (Fsp3) is 0.750. The van der Waals surface area contributed by atoms with Gasteiger partial charge in [-0.15, -0.1) is 0 Å². The van der Waals surface area contributed by atoms with E-state index in [2.05, 4.69) is 10.00 Å². The Morgan fingerprint density at radius 2 is 2.12 bits per heavy atom. The first-order chi connectivity index (χ1) is 7.76. The van der Waals surface area contributed by atoms with Gasteiger partial charge in [0.1, 0.15) is 5.60 Å². The van der Waals surface area contributed by atoms with Crippen LogP contribution < -0.4 is 0 Å². The highest BCUT2D eigenvalue weighted by molar-refractivity contribution is 6.31. The Bertz CT molecular complexity index is 372. The zero-order valence-corrected chi connectivity index (χ0v) is 12.0. The first kappa shape index (κ1) is 14.5. The maximum absolute atomic E-state index is 10.5. The molecule has 0 aliphatic rings. The van der Waals surface area contributed by atoms with Gasteiger partial charge < -0.3 is 10.0 Å². The van der Waals surface area contributed by atoms with Gasteiger partial charge in [0.05, 0.1) is 23.5 Å². The Balaban J connectivity index is 3.02. The standard InChI is InChI=1S/C12H22ClN3O/c1-9(2)12(3,17)11-10(13)8-14-16(11)7-6-15(4)5/h8-9,17H,6-7H2,1-5H3. The minimum atomic E-state index is -0.958. The van der Waals surface area contributed by atoms with Crippen LogP contribution in [0.5, 0.6) is 0 Å². The highest BCUT2D eigenvalue weighted by Gasteiger charge is 2.33. The van der Waals surface area contributed by atoms with Crippen LogP contribution in [0.4, 0.5) is 0 Å². The van der Waals surface area contributed by atoms with Crippen LogP contribution in [0, 0.1) is 5.92 Å². The third-order valence-electron chi connectivity index (χ3n) is 3.16. The molecule has 0 bridgehead atoms. The molecule has 1 heterocycles. The summed E-state index contributed by atoms with van der Waals surface area (Å²) in [6.07, 6.45) is 1.60. The molecule has 0 fully saturated rings. The molecule has 0 saturated heterocycles. The second-order valence-corrected chi connectivity index (χ2v) is 5.58. The van der Waals surface area contributed by atoms with Gasteiger partial charge >= 0.3 is 0 Å². The van der Waals surface area contributed by atoms with E-state index in [4.69, 9.17) is 11.6 Å². The number of aromatic nitrogens is 2. The second-order valence-electron chi connectivity index (χ2n) is 5.17. The molecule has 1 rings (SSSR count). The molecule has 1 aromatic rings. The lowest BCUT2D eigenvalue weighted by Gasteiger charge is -2.29. The van der Waals surface area contributed by atoms with Crippen LogP contribution in [-0.2, 0) is 12.1 Å². The molecule has 17 heavy (non-hydrogen) atoms. The van der Waals surface area contributed by atoms with Crippen molar-refractivity contribution in [2.24, 2.45) is 5.92 Å². The third-order valence-corrected chi connectivity index (χ3v) is 3.43. The Hall–Kier alpha value is -0.580. The molecule has 0 aliphatic heterocycles. The zero-order valence-electron chi connectivity index (χ0n) is 11.2. The van der Waals surface area contributed by atoms with Gasteiger partial charge in [-0.25, -0.2) is 0 Å². The van der Waals surface area contributed by atoms with E-state index in [1.165, 1.54) is 0 Å². The van der Waals surface area contributed by atoms with Crippen LogP contribution in [0.3, 0.4) is 0 Å². The van der Waals surface area contributed by atoms with Gasteiger partial charge in [-0.05, 0) is 26.9 Å². The van der Waals surface area contributed by atoms with E-state index in [0.717, 1.165) is 13.1 Å². The highest BCUT2D eigenvalue weighted by Crippen LogP contribution is 2.33. The molecule has 0 radical (unpaired) electrons. The molecule has 0 spiro atoms. The topological polar surface area (TPSA) is 41.3 Å². The average Bonchev–Trinajstić information content (AvgIpc) is 2.56. The lowest BCUT2D eigenvalue weighted by molar-refractivity contribution is 0.000314. The summed E-state index contributed by atoms with van der Waals surface area (Å²) in [6.45, 7) is 7.31. The van der Waals surface area contributed by atoms with E-state index in [1.807, 2.05) is 27.9 Å². The normalized spacial score (nSPS) is 15.6. The fourth-order valence-electron chi connectivity index (χ4n) is 1.60. The van der Waals surface area contributed by atoms with E-state index in [0.29, 0.717) is 10.7 Å².